The maximum absolute atomic E-state index is 8.93. The van der Waals surface area contributed by atoms with Crippen molar-refractivity contribution >= 4 is 22.3 Å². The number of nitriles is 1. The number of ether oxygens (including phenoxy) is 1. The molecule has 0 atom stereocenters. The normalized spacial score (nSPS) is 13.6. The van der Waals surface area contributed by atoms with Crippen molar-refractivity contribution in [2.75, 3.05) is 18.1 Å². The summed E-state index contributed by atoms with van der Waals surface area (Å²) in [6.45, 7) is 5.09. The lowest BCUT2D eigenvalue weighted by Gasteiger charge is -2.17. The Labute approximate surface area is 187 Å². The molecule has 0 bridgehead atoms. The van der Waals surface area contributed by atoms with Crippen LogP contribution in [0.15, 0.2) is 58.9 Å². The smallest absolute Gasteiger partial charge is 0.328 e. The maximum Gasteiger partial charge on any atom is 0.328 e. The van der Waals surface area contributed by atoms with E-state index in [1.165, 1.54) is 11.3 Å². The standard InChI is InChI=1S/C22H19N7O2S/c1-14(2)19-25-20(31-27-19)28-9-7-16(8-10-28)13-30-22-26-29-12-18(24-21(29)32-22)17-5-3-15(11-23)4-6-17/h3-9,12,14H,10,13H2,1-2H3. The van der Waals surface area contributed by atoms with E-state index in [-0.39, 0.29) is 5.92 Å². The third-order valence-electron chi connectivity index (χ3n) is 4.91. The summed E-state index contributed by atoms with van der Waals surface area (Å²) in [7, 11) is 0. The summed E-state index contributed by atoms with van der Waals surface area (Å²) in [4.78, 5) is 11.7. The first-order chi connectivity index (χ1) is 15.6. The lowest BCUT2D eigenvalue weighted by atomic mass is 10.1. The van der Waals surface area contributed by atoms with Crippen LogP contribution in [0.1, 0.15) is 31.2 Å². The molecule has 0 spiro atoms. The van der Waals surface area contributed by atoms with Gasteiger partial charge in [-0.3, -0.25) is 4.90 Å². The minimum absolute atomic E-state index is 0.223. The number of nitrogens with zero attached hydrogens (tertiary/aromatic N) is 7. The fourth-order valence-electron chi connectivity index (χ4n) is 3.10. The van der Waals surface area contributed by atoms with E-state index < -0.39 is 0 Å². The van der Waals surface area contributed by atoms with E-state index in [1.807, 2.05) is 49.4 Å². The number of benzene rings is 1. The summed E-state index contributed by atoms with van der Waals surface area (Å²) in [6.07, 6.45) is 7.79. The second-order valence-electron chi connectivity index (χ2n) is 7.54. The van der Waals surface area contributed by atoms with Gasteiger partial charge in [-0.05, 0) is 35.1 Å². The van der Waals surface area contributed by atoms with Gasteiger partial charge in [-0.1, -0.05) is 37.2 Å². The largest absolute Gasteiger partial charge is 0.464 e. The lowest BCUT2D eigenvalue weighted by Crippen LogP contribution is -2.20. The monoisotopic (exact) mass is 445 g/mol. The zero-order valence-electron chi connectivity index (χ0n) is 17.5. The second kappa shape index (κ2) is 8.28. The summed E-state index contributed by atoms with van der Waals surface area (Å²) < 4.78 is 12.9. The van der Waals surface area contributed by atoms with Crippen LogP contribution < -0.4 is 9.64 Å². The third-order valence-corrected chi connectivity index (χ3v) is 5.74. The molecule has 0 N–H and O–H groups in total. The van der Waals surface area contributed by atoms with Crippen LogP contribution in [0.3, 0.4) is 0 Å². The average Bonchev–Trinajstić information content (AvgIpc) is 3.53. The molecule has 1 aliphatic heterocycles. The Bertz CT molecular complexity index is 1320. The van der Waals surface area contributed by atoms with Crippen molar-refractivity contribution in [3.8, 4) is 22.5 Å². The molecule has 0 amide bonds. The van der Waals surface area contributed by atoms with Gasteiger partial charge in [0.25, 0.3) is 5.19 Å². The SMILES string of the molecule is CC(C)c1noc(N2C=CC(COc3nn4cc(-c5ccc(C#N)cc5)nc4s3)=CC2)n1. The highest BCUT2D eigenvalue weighted by atomic mass is 32.1. The van der Waals surface area contributed by atoms with Crippen molar-refractivity contribution in [1.29, 1.82) is 5.26 Å². The van der Waals surface area contributed by atoms with Gasteiger partial charge in [0.15, 0.2) is 5.82 Å². The number of rotatable bonds is 6. The molecule has 4 heterocycles. The van der Waals surface area contributed by atoms with Crippen LogP contribution in [0.4, 0.5) is 6.01 Å². The summed E-state index contributed by atoms with van der Waals surface area (Å²) in [6, 6.07) is 9.92. The van der Waals surface area contributed by atoms with Gasteiger partial charge in [0.2, 0.25) is 4.96 Å². The molecule has 160 valence electrons. The van der Waals surface area contributed by atoms with E-state index in [0.717, 1.165) is 21.8 Å². The molecule has 0 saturated heterocycles. The summed E-state index contributed by atoms with van der Waals surface area (Å²) >= 11 is 1.38. The fraction of sp³-hybridized carbons (Fsp3) is 0.227. The number of aromatic nitrogens is 5. The zero-order valence-corrected chi connectivity index (χ0v) is 18.3. The van der Waals surface area contributed by atoms with E-state index in [2.05, 4.69) is 32.4 Å². The first-order valence-electron chi connectivity index (χ1n) is 10.1. The number of anilines is 1. The third kappa shape index (κ3) is 3.98. The van der Waals surface area contributed by atoms with Gasteiger partial charge in [0, 0.05) is 24.2 Å². The first kappa shape index (κ1) is 20.0. The molecule has 1 aliphatic rings. The van der Waals surface area contributed by atoms with Gasteiger partial charge in [0.05, 0.1) is 23.5 Å². The van der Waals surface area contributed by atoms with Crippen LogP contribution in [-0.2, 0) is 0 Å². The molecule has 0 aliphatic carbocycles. The first-order valence-corrected chi connectivity index (χ1v) is 10.9. The zero-order chi connectivity index (χ0) is 22.1. The molecule has 0 radical (unpaired) electrons. The Morgan fingerprint density at radius 3 is 2.75 bits per heavy atom. The number of fused-ring (bicyclic) bond motifs is 1. The predicted octanol–water partition coefficient (Wildman–Crippen LogP) is 4.17. The van der Waals surface area contributed by atoms with Gasteiger partial charge >= 0.3 is 6.01 Å². The minimum atomic E-state index is 0.223. The molecule has 10 heteroatoms. The molecular formula is C22H19N7O2S. The van der Waals surface area contributed by atoms with Crippen LogP contribution in [0, 0.1) is 11.3 Å². The van der Waals surface area contributed by atoms with Crippen LogP contribution in [0.5, 0.6) is 5.19 Å². The summed E-state index contributed by atoms with van der Waals surface area (Å²) in [5.41, 5.74) is 3.40. The number of hydrogen-bond donors (Lipinski definition) is 0. The van der Waals surface area contributed by atoms with E-state index in [0.29, 0.717) is 35.7 Å². The highest BCUT2D eigenvalue weighted by molar-refractivity contribution is 7.18. The summed E-state index contributed by atoms with van der Waals surface area (Å²) in [5.74, 6) is 0.919. The molecule has 3 aromatic heterocycles. The van der Waals surface area contributed by atoms with Crippen molar-refractivity contribution in [3.63, 3.8) is 0 Å². The van der Waals surface area contributed by atoms with Gasteiger partial charge in [-0.15, -0.1) is 5.10 Å². The van der Waals surface area contributed by atoms with Gasteiger partial charge in [-0.2, -0.15) is 10.2 Å². The predicted molar refractivity (Wildman–Crippen MR) is 119 cm³/mol. The van der Waals surface area contributed by atoms with Crippen molar-refractivity contribution in [3.05, 3.63) is 65.8 Å². The molecule has 32 heavy (non-hydrogen) atoms. The van der Waals surface area contributed by atoms with E-state index in [4.69, 9.17) is 14.5 Å². The van der Waals surface area contributed by atoms with Crippen LogP contribution in [0.25, 0.3) is 16.2 Å². The van der Waals surface area contributed by atoms with Crippen LogP contribution in [-0.4, -0.2) is 37.9 Å². The van der Waals surface area contributed by atoms with Crippen molar-refractivity contribution in [2.45, 2.75) is 19.8 Å². The van der Waals surface area contributed by atoms with E-state index in [9.17, 15) is 0 Å². The second-order valence-corrected chi connectivity index (χ2v) is 8.45. The van der Waals surface area contributed by atoms with Gasteiger partial charge < -0.3 is 9.26 Å². The van der Waals surface area contributed by atoms with Crippen LogP contribution >= 0.6 is 11.3 Å². The Morgan fingerprint density at radius 1 is 1.25 bits per heavy atom. The van der Waals surface area contributed by atoms with Gasteiger partial charge in [-0.25, -0.2) is 9.50 Å². The summed E-state index contributed by atoms with van der Waals surface area (Å²) in [5, 5.41) is 17.9. The van der Waals surface area contributed by atoms with E-state index in [1.54, 1.807) is 16.6 Å². The molecule has 1 aromatic carbocycles. The van der Waals surface area contributed by atoms with Crippen molar-refractivity contribution in [1.82, 2.24) is 24.7 Å². The number of imidazole rings is 1. The van der Waals surface area contributed by atoms with Crippen molar-refractivity contribution < 1.29 is 9.26 Å². The highest BCUT2D eigenvalue weighted by Gasteiger charge is 2.17. The Morgan fingerprint density at radius 2 is 2.09 bits per heavy atom. The van der Waals surface area contributed by atoms with Crippen LogP contribution in [0.2, 0.25) is 0 Å². The molecule has 0 fully saturated rings. The molecular weight excluding hydrogens is 426 g/mol. The maximum atomic E-state index is 8.93. The molecule has 0 unspecified atom stereocenters. The molecule has 5 rings (SSSR count). The quantitative estimate of drug-likeness (QED) is 0.435. The van der Waals surface area contributed by atoms with Crippen molar-refractivity contribution in [2.24, 2.45) is 0 Å². The Hall–Kier alpha value is -3.97. The minimum Gasteiger partial charge on any atom is -0.464 e. The fourth-order valence-corrected chi connectivity index (χ4v) is 3.83. The highest BCUT2D eigenvalue weighted by Crippen LogP contribution is 2.26. The number of hydrogen-bond acceptors (Lipinski definition) is 9. The van der Waals surface area contributed by atoms with E-state index >= 15 is 0 Å². The molecule has 9 nitrogen and oxygen atoms in total. The molecule has 0 saturated carbocycles. The Kier molecular flexibility index (Phi) is 5.17. The topological polar surface area (TPSA) is 105 Å². The molecule has 4 aromatic rings. The lowest BCUT2D eigenvalue weighted by molar-refractivity contribution is 0.348. The Balaban J connectivity index is 1.20. The van der Waals surface area contributed by atoms with Gasteiger partial charge in [0.1, 0.15) is 6.61 Å². The average molecular weight is 446 g/mol.